The van der Waals surface area contributed by atoms with Crippen molar-refractivity contribution in [3.05, 3.63) is 64.7 Å². The lowest BCUT2D eigenvalue weighted by molar-refractivity contribution is -0.142. The minimum atomic E-state index is -0.943. The minimum absolute atomic E-state index is 0.0355. The molecule has 1 aliphatic carbocycles. The van der Waals surface area contributed by atoms with Crippen molar-refractivity contribution in [3.63, 3.8) is 0 Å². The van der Waals surface area contributed by atoms with Crippen LogP contribution in [-0.4, -0.2) is 30.2 Å². The van der Waals surface area contributed by atoms with E-state index in [0.29, 0.717) is 18.0 Å². The lowest BCUT2D eigenvalue weighted by Gasteiger charge is -2.43. The Morgan fingerprint density at radius 3 is 2.56 bits per heavy atom. The van der Waals surface area contributed by atoms with Crippen molar-refractivity contribution in [2.75, 3.05) is 18.9 Å². The number of rotatable bonds is 1. The first-order valence-corrected chi connectivity index (χ1v) is 9.80. The lowest BCUT2D eigenvalue weighted by Crippen LogP contribution is -2.57. The maximum absolute atomic E-state index is 13.5. The standard InChI is InChI=1S/C22H21ClN2O2/c1-25-13-17(14-8-10-15(23)11-9-14)21(12-4-7-19(21)26)22(25)16-5-2-3-6-18(16)24-20(22)27/h2-3,5-6,8-11,17H,4,7,12-13H2,1H3,(H,24,27)/t17-,21+,22+/m0/s1. The molecule has 2 aromatic carbocycles. The molecule has 1 amide bonds. The Balaban J connectivity index is 1.78. The predicted octanol–water partition coefficient (Wildman–Crippen LogP) is 3.96. The van der Waals surface area contributed by atoms with Gasteiger partial charge in [-0.15, -0.1) is 0 Å². The first-order valence-electron chi connectivity index (χ1n) is 9.43. The summed E-state index contributed by atoms with van der Waals surface area (Å²) >= 11 is 6.10. The summed E-state index contributed by atoms with van der Waals surface area (Å²) in [6.45, 7) is 0.662. The van der Waals surface area contributed by atoms with Gasteiger partial charge < -0.3 is 5.32 Å². The molecule has 2 aromatic rings. The number of Topliss-reactive ketones (excluding diaryl/α,β-unsaturated/α-hetero) is 1. The van der Waals surface area contributed by atoms with Gasteiger partial charge in [0.2, 0.25) is 0 Å². The lowest BCUT2D eigenvalue weighted by atomic mass is 9.59. The minimum Gasteiger partial charge on any atom is -0.324 e. The number of hydrogen-bond acceptors (Lipinski definition) is 3. The first kappa shape index (κ1) is 17.0. The maximum atomic E-state index is 13.5. The Labute approximate surface area is 163 Å². The van der Waals surface area contributed by atoms with Crippen LogP contribution in [0.2, 0.25) is 5.02 Å². The molecule has 0 aromatic heterocycles. The zero-order valence-corrected chi connectivity index (χ0v) is 15.9. The van der Waals surface area contributed by atoms with E-state index in [1.807, 2.05) is 55.6 Å². The molecular formula is C22H21ClN2O2. The number of amides is 1. The molecule has 0 bridgehead atoms. The van der Waals surface area contributed by atoms with Gasteiger partial charge in [-0.2, -0.15) is 0 Å². The number of carbonyl (C=O) groups is 2. The number of carbonyl (C=O) groups excluding carboxylic acids is 2. The van der Waals surface area contributed by atoms with Crippen LogP contribution < -0.4 is 5.32 Å². The second kappa shape index (κ2) is 5.66. The van der Waals surface area contributed by atoms with E-state index in [1.54, 1.807) is 0 Å². The van der Waals surface area contributed by atoms with Crippen molar-refractivity contribution in [2.45, 2.75) is 30.7 Å². The number of benzene rings is 2. The summed E-state index contributed by atoms with van der Waals surface area (Å²) in [7, 11) is 1.98. The van der Waals surface area contributed by atoms with Crippen molar-refractivity contribution in [3.8, 4) is 0 Å². The van der Waals surface area contributed by atoms with Gasteiger partial charge in [0.1, 0.15) is 11.3 Å². The Morgan fingerprint density at radius 2 is 1.85 bits per heavy atom. The molecule has 3 atom stereocenters. The van der Waals surface area contributed by atoms with Crippen LogP contribution in [0.1, 0.15) is 36.3 Å². The Morgan fingerprint density at radius 1 is 1.11 bits per heavy atom. The van der Waals surface area contributed by atoms with E-state index in [9.17, 15) is 9.59 Å². The predicted molar refractivity (Wildman–Crippen MR) is 105 cm³/mol. The third-order valence-corrected chi connectivity index (χ3v) is 7.16. The largest absolute Gasteiger partial charge is 0.324 e. The van der Waals surface area contributed by atoms with Crippen molar-refractivity contribution < 1.29 is 9.59 Å². The van der Waals surface area contributed by atoms with Crippen molar-refractivity contribution in [1.29, 1.82) is 0 Å². The number of nitrogens with zero attached hydrogens (tertiary/aromatic N) is 1. The van der Waals surface area contributed by atoms with Crippen LogP contribution in [0.15, 0.2) is 48.5 Å². The maximum Gasteiger partial charge on any atom is 0.250 e. The molecule has 5 heteroatoms. The average Bonchev–Trinajstić information content (AvgIpc) is 3.27. The molecule has 2 spiro atoms. The van der Waals surface area contributed by atoms with Gasteiger partial charge in [-0.1, -0.05) is 41.9 Å². The highest BCUT2D eigenvalue weighted by molar-refractivity contribution is 6.30. The van der Waals surface area contributed by atoms with Gasteiger partial charge in [0.05, 0.1) is 5.41 Å². The summed E-state index contributed by atoms with van der Waals surface area (Å²) in [5.41, 5.74) is 1.15. The molecule has 2 heterocycles. The van der Waals surface area contributed by atoms with E-state index < -0.39 is 11.0 Å². The summed E-state index contributed by atoms with van der Waals surface area (Å²) in [6, 6.07) is 15.6. The Bertz CT molecular complexity index is 957. The number of likely N-dealkylation sites (N-methyl/N-ethyl adjacent to an activating group) is 1. The Kier molecular flexibility index (Phi) is 3.56. The van der Waals surface area contributed by atoms with Crippen molar-refractivity contribution in [1.82, 2.24) is 4.90 Å². The van der Waals surface area contributed by atoms with Gasteiger partial charge in [0, 0.05) is 35.2 Å². The van der Waals surface area contributed by atoms with Crippen LogP contribution in [0.25, 0.3) is 0 Å². The third-order valence-electron chi connectivity index (χ3n) is 6.91. The average molecular weight is 381 g/mol. The summed E-state index contributed by atoms with van der Waals surface area (Å²) in [6.07, 6.45) is 2.09. The number of halogens is 1. The molecule has 1 saturated carbocycles. The topological polar surface area (TPSA) is 49.4 Å². The van der Waals surface area contributed by atoms with Crippen LogP contribution in [0, 0.1) is 5.41 Å². The van der Waals surface area contributed by atoms with E-state index in [1.165, 1.54) is 0 Å². The molecule has 2 aliphatic heterocycles. The number of nitrogens with one attached hydrogen (secondary N) is 1. The molecule has 3 aliphatic rings. The molecule has 27 heavy (non-hydrogen) atoms. The summed E-state index contributed by atoms with van der Waals surface area (Å²) in [4.78, 5) is 29.1. The van der Waals surface area contributed by atoms with Crippen LogP contribution in [0.4, 0.5) is 5.69 Å². The van der Waals surface area contributed by atoms with E-state index in [0.717, 1.165) is 29.7 Å². The number of hydrogen-bond donors (Lipinski definition) is 1. The SMILES string of the molecule is CN1C[C@@H](c2ccc(Cl)cc2)[C@@]2(CCCC2=O)[C@@]12C(=O)Nc1ccccc12. The van der Waals surface area contributed by atoms with Crippen molar-refractivity contribution in [2.24, 2.45) is 5.41 Å². The molecule has 4 nitrogen and oxygen atoms in total. The second-order valence-corrected chi connectivity index (χ2v) is 8.38. The molecule has 1 saturated heterocycles. The van der Waals surface area contributed by atoms with E-state index in [4.69, 9.17) is 11.6 Å². The van der Waals surface area contributed by atoms with Crippen LogP contribution in [-0.2, 0) is 15.1 Å². The van der Waals surface area contributed by atoms with Gasteiger partial charge in [-0.25, -0.2) is 0 Å². The fraction of sp³-hybridized carbons (Fsp3) is 0.364. The zero-order valence-electron chi connectivity index (χ0n) is 15.2. The number of anilines is 1. The normalized spacial score (nSPS) is 32.4. The van der Waals surface area contributed by atoms with Gasteiger partial charge in [0.15, 0.2) is 0 Å². The quantitative estimate of drug-likeness (QED) is 0.814. The molecule has 2 fully saturated rings. The number of para-hydroxylation sites is 1. The van der Waals surface area contributed by atoms with Crippen LogP contribution in [0.3, 0.4) is 0 Å². The van der Waals surface area contributed by atoms with E-state index >= 15 is 0 Å². The summed E-state index contributed by atoms with van der Waals surface area (Å²) < 4.78 is 0. The molecule has 138 valence electrons. The first-order chi connectivity index (χ1) is 13.0. The summed E-state index contributed by atoms with van der Waals surface area (Å²) in [5, 5.41) is 3.74. The van der Waals surface area contributed by atoms with E-state index in [-0.39, 0.29) is 17.6 Å². The number of fused-ring (bicyclic) bond motifs is 3. The van der Waals surface area contributed by atoms with Gasteiger partial charge in [0.25, 0.3) is 5.91 Å². The monoisotopic (exact) mass is 380 g/mol. The molecule has 5 rings (SSSR count). The Hall–Kier alpha value is -2.17. The zero-order chi connectivity index (χ0) is 18.8. The number of likely N-dealkylation sites (tertiary alicyclic amines) is 1. The second-order valence-electron chi connectivity index (χ2n) is 7.94. The highest BCUT2D eigenvalue weighted by Crippen LogP contribution is 2.66. The molecule has 1 N–H and O–H groups in total. The van der Waals surface area contributed by atoms with Gasteiger partial charge in [-0.3, -0.25) is 14.5 Å². The van der Waals surface area contributed by atoms with Crippen molar-refractivity contribution >= 4 is 29.0 Å². The molecule has 0 radical (unpaired) electrons. The fourth-order valence-electron chi connectivity index (χ4n) is 5.95. The van der Waals surface area contributed by atoms with Gasteiger partial charge in [-0.05, 0) is 43.7 Å². The smallest absolute Gasteiger partial charge is 0.250 e. The van der Waals surface area contributed by atoms with Gasteiger partial charge >= 0.3 is 0 Å². The molecule has 0 unspecified atom stereocenters. The van der Waals surface area contributed by atoms with E-state index in [2.05, 4.69) is 10.2 Å². The highest BCUT2D eigenvalue weighted by atomic mass is 35.5. The fourth-order valence-corrected chi connectivity index (χ4v) is 6.08. The van der Waals surface area contributed by atoms with Crippen LogP contribution in [0.5, 0.6) is 0 Å². The summed E-state index contributed by atoms with van der Waals surface area (Å²) in [5.74, 6) is 0.100. The number of ketones is 1. The molecular weight excluding hydrogens is 360 g/mol. The third kappa shape index (κ3) is 1.92. The van der Waals surface area contributed by atoms with Crippen LogP contribution >= 0.6 is 11.6 Å². The highest BCUT2D eigenvalue weighted by Gasteiger charge is 2.73.